The summed E-state index contributed by atoms with van der Waals surface area (Å²) in [6, 6.07) is 0.411. The molecule has 3 heteroatoms. The summed E-state index contributed by atoms with van der Waals surface area (Å²) in [5.74, 6) is 0. The van der Waals surface area contributed by atoms with Gasteiger partial charge in [-0.2, -0.15) is 12.1 Å². The lowest BCUT2D eigenvalue weighted by molar-refractivity contribution is -0.637. The second kappa shape index (κ2) is 2.84. The Morgan fingerprint density at radius 2 is 2.50 bits per heavy atom. The van der Waals surface area contributed by atoms with Crippen LogP contribution in [0.2, 0.25) is 0 Å². The molecule has 1 atom stereocenters. The molecule has 0 aliphatic heterocycles. The van der Waals surface area contributed by atoms with Crippen LogP contribution in [0.4, 0.5) is 0 Å². The molecule has 2 N–H and O–H groups in total. The zero-order chi connectivity index (χ0) is 7.56. The molecule has 0 saturated carbocycles. The van der Waals surface area contributed by atoms with Gasteiger partial charge < -0.3 is 5.32 Å². The third-order valence-corrected chi connectivity index (χ3v) is 1.60. The SMILES string of the molecule is [CH2-][NH2+]C(C)c1cnn(C)c1. The van der Waals surface area contributed by atoms with E-state index >= 15 is 0 Å². The third-order valence-electron chi connectivity index (χ3n) is 1.60. The highest BCUT2D eigenvalue weighted by molar-refractivity contribution is 5.05. The van der Waals surface area contributed by atoms with Gasteiger partial charge in [-0.25, -0.2) is 0 Å². The predicted octanol–water partition coefficient (Wildman–Crippen LogP) is -0.164. The first-order valence-electron chi connectivity index (χ1n) is 3.35. The minimum Gasteiger partial charge on any atom is -0.473 e. The van der Waals surface area contributed by atoms with Gasteiger partial charge in [0.05, 0.1) is 12.2 Å². The second-order valence-corrected chi connectivity index (χ2v) is 2.47. The van der Waals surface area contributed by atoms with Crippen molar-refractivity contribution in [2.45, 2.75) is 13.0 Å². The summed E-state index contributed by atoms with van der Waals surface area (Å²) in [6.07, 6.45) is 3.87. The Labute approximate surface area is 61.0 Å². The molecule has 1 unspecified atom stereocenters. The van der Waals surface area contributed by atoms with Crippen molar-refractivity contribution < 1.29 is 5.32 Å². The average Bonchev–Trinajstić information content (AvgIpc) is 2.34. The van der Waals surface area contributed by atoms with Gasteiger partial charge in [-0.15, -0.1) is 0 Å². The van der Waals surface area contributed by atoms with Crippen molar-refractivity contribution in [3.63, 3.8) is 0 Å². The molecule has 0 saturated heterocycles. The molecule has 1 heterocycles. The zero-order valence-corrected chi connectivity index (χ0v) is 6.41. The van der Waals surface area contributed by atoms with Gasteiger partial charge >= 0.3 is 0 Å². The number of nitrogens with zero attached hydrogens (tertiary/aromatic N) is 2. The molecule has 0 radical (unpaired) electrons. The highest BCUT2D eigenvalue weighted by atomic mass is 15.2. The van der Waals surface area contributed by atoms with Crippen LogP contribution >= 0.6 is 0 Å². The quantitative estimate of drug-likeness (QED) is 0.567. The molecule has 10 heavy (non-hydrogen) atoms. The van der Waals surface area contributed by atoms with E-state index in [9.17, 15) is 0 Å². The van der Waals surface area contributed by atoms with E-state index in [0.29, 0.717) is 6.04 Å². The number of aryl methyl sites for hydroxylation is 1. The van der Waals surface area contributed by atoms with E-state index in [4.69, 9.17) is 0 Å². The zero-order valence-electron chi connectivity index (χ0n) is 6.41. The summed E-state index contributed by atoms with van der Waals surface area (Å²) in [7, 11) is 5.63. The fourth-order valence-electron chi connectivity index (χ4n) is 0.811. The fourth-order valence-corrected chi connectivity index (χ4v) is 0.811. The maximum absolute atomic E-state index is 4.05. The van der Waals surface area contributed by atoms with Crippen LogP contribution in [0.3, 0.4) is 0 Å². The summed E-state index contributed by atoms with van der Waals surface area (Å²) in [5.41, 5.74) is 1.22. The predicted molar refractivity (Wildman–Crippen MR) is 38.9 cm³/mol. The van der Waals surface area contributed by atoms with Crippen LogP contribution in [0.15, 0.2) is 12.4 Å². The van der Waals surface area contributed by atoms with Crippen LogP contribution < -0.4 is 5.32 Å². The molecule has 56 valence electrons. The van der Waals surface area contributed by atoms with Crippen molar-refractivity contribution in [3.8, 4) is 0 Å². The lowest BCUT2D eigenvalue weighted by Gasteiger charge is -2.06. The molecular formula is C7H13N3. The number of aromatic nitrogens is 2. The van der Waals surface area contributed by atoms with Gasteiger partial charge in [0.25, 0.3) is 0 Å². The smallest absolute Gasteiger partial charge is 0.0879 e. The van der Waals surface area contributed by atoms with Crippen LogP contribution in [-0.2, 0) is 7.05 Å². The first-order chi connectivity index (χ1) is 4.74. The van der Waals surface area contributed by atoms with E-state index in [1.807, 2.05) is 24.8 Å². The number of rotatable bonds is 2. The lowest BCUT2D eigenvalue weighted by atomic mass is 10.2. The maximum Gasteiger partial charge on any atom is 0.0879 e. The fraction of sp³-hybridized carbons (Fsp3) is 0.429. The standard InChI is InChI=1S/C7H13N3/c1-6(8-2)7-4-9-10(3)5-7/h4-6H,2,8H2,1,3H3. The van der Waals surface area contributed by atoms with Gasteiger partial charge in [-0.1, -0.05) is 0 Å². The Morgan fingerprint density at radius 3 is 2.90 bits per heavy atom. The Kier molecular flexibility index (Phi) is 2.06. The summed E-state index contributed by atoms with van der Waals surface area (Å²) in [5, 5.41) is 5.97. The maximum atomic E-state index is 4.05. The minimum atomic E-state index is 0.411. The van der Waals surface area contributed by atoms with Crippen molar-refractivity contribution in [1.29, 1.82) is 0 Å². The molecule has 0 amide bonds. The molecule has 0 spiro atoms. The lowest BCUT2D eigenvalue weighted by Crippen LogP contribution is -2.77. The first-order valence-corrected chi connectivity index (χ1v) is 3.35. The second-order valence-electron chi connectivity index (χ2n) is 2.47. The van der Waals surface area contributed by atoms with Crippen LogP contribution in [0, 0.1) is 7.05 Å². The number of hydrogen-bond acceptors (Lipinski definition) is 1. The summed E-state index contributed by atoms with van der Waals surface area (Å²) >= 11 is 0. The molecule has 0 fully saturated rings. The summed E-state index contributed by atoms with van der Waals surface area (Å²) in [6.45, 7) is 2.10. The van der Waals surface area contributed by atoms with Gasteiger partial charge in [0.2, 0.25) is 0 Å². The van der Waals surface area contributed by atoms with Crippen molar-refractivity contribution >= 4 is 0 Å². The Bertz CT molecular complexity index is 204. The molecule has 0 aliphatic carbocycles. The molecule has 0 aliphatic rings. The van der Waals surface area contributed by atoms with Gasteiger partial charge in [-0.3, -0.25) is 4.68 Å². The van der Waals surface area contributed by atoms with E-state index in [1.165, 1.54) is 5.56 Å². The van der Waals surface area contributed by atoms with Crippen molar-refractivity contribution in [3.05, 3.63) is 25.0 Å². The third kappa shape index (κ3) is 1.36. The van der Waals surface area contributed by atoms with Crippen LogP contribution in [-0.4, -0.2) is 9.78 Å². The Balaban J connectivity index is 2.74. The Morgan fingerprint density at radius 1 is 1.80 bits per heavy atom. The Hall–Kier alpha value is -0.830. The van der Waals surface area contributed by atoms with E-state index in [1.54, 1.807) is 4.68 Å². The van der Waals surface area contributed by atoms with Crippen LogP contribution in [0.25, 0.3) is 0 Å². The number of quaternary nitrogens is 1. The van der Waals surface area contributed by atoms with Crippen molar-refractivity contribution in [1.82, 2.24) is 9.78 Å². The van der Waals surface area contributed by atoms with E-state index < -0.39 is 0 Å². The van der Waals surface area contributed by atoms with E-state index in [-0.39, 0.29) is 0 Å². The van der Waals surface area contributed by atoms with Crippen molar-refractivity contribution in [2.75, 3.05) is 0 Å². The minimum absolute atomic E-state index is 0.411. The highest BCUT2D eigenvalue weighted by Crippen LogP contribution is 2.04. The molecule has 1 aromatic rings. The topological polar surface area (TPSA) is 34.4 Å². The largest absolute Gasteiger partial charge is 0.473 e. The highest BCUT2D eigenvalue weighted by Gasteiger charge is 2.03. The van der Waals surface area contributed by atoms with E-state index in [0.717, 1.165) is 0 Å². The monoisotopic (exact) mass is 139 g/mol. The van der Waals surface area contributed by atoms with Crippen LogP contribution in [0.1, 0.15) is 18.5 Å². The molecule has 3 nitrogen and oxygen atoms in total. The van der Waals surface area contributed by atoms with E-state index in [2.05, 4.69) is 19.1 Å². The molecule has 0 bridgehead atoms. The summed E-state index contributed by atoms with van der Waals surface area (Å²) in [4.78, 5) is 0. The molecular weight excluding hydrogens is 126 g/mol. The number of nitrogens with two attached hydrogens (primary N) is 1. The van der Waals surface area contributed by atoms with Gasteiger partial charge in [0.1, 0.15) is 0 Å². The van der Waals surface area contributed by atoms with Crippen LogP contribution in [0.5, 0.6) is 0 Å². The van der Waals surface area contributed by atoms with Gasteiger partial charge in [-0.05, 0) is 6.92 Å². The van der Waals surface area contributed by atoms with Gasteiger partial charge in [0, 0.05) is 18.8 Å². The number of hydrogen-bond donors (Lipinski definition) is 1. The first kappa shape index (κ1) is 7.28. The van der Waals surface area contributed by atoms with Crippen molar-refractivity contribution in [2.24, 2.45) is 7.05 Å². The average molecular weight is 139 g/mol. The summed E-state index contributed by atoms with van der Waals surface area (Å²) < 4.78 is 1.80. The molecule has 1 rings (SSSR count). The normalized spacial score (nSPS) is 13.5. The van der Waals surface area contributed by atoms with Gasteiger partial charge in [0.15, 0.2) is 0 Å². The molecule has 1 aromatic heterocycles. The molecule has 0 aromatic carbocycles.